The van der Waals surface area contributed by atoms with Crippen molar-refractivity contribution in [3.8, 4) is 0 Å². The van der Waals surface area contributed by atoms with Crippen LogP contribution in [0.3, 0.4) is 0 Å². The molecule has 2 amide bonds. The molecule has 0 aliphatic heterocycles. The van der Waals surface area contributed by atoms with E-state index in [0.717, 1.165) is 12.1 Å². The van der Waals surface area contributed by atoms with E-state index in [-0.39, 0.29) is 18.0 Å². The number of benzene rings is 1. The van der Waals surface area contributed by atoms with E-state index >= 15 is 0 Å². The van der Waals surface area contributed by atoms with Gasteiger partial charge in [-0.15, -0.1) is 0 Å². The lowest BCUT2D eigenvalue weighted by Crippen LogP contribution is -2.43. The van der Waals surface area contributed by atoms with Crippen molar-refractivity contribution in [2.24, 2.45) is 5.92 Å². The van der Waals surface area contributed by atoms with Crippen LogP contribution in [0.5, 0.6) is 0 Å². The zero-order chi connectivity index (χ0) is 15.3. The van der Waals surface area contributed by atoms with Gasteiger partial charge in [0.2, 0.25) is 0 Å². The molecular formula is C13H16F2N2O3. The van der Waals surface area contributed by atoms with Crippen LogP contribution in [0, 0.1) is 17.6 Å². The second kappa shape index (κ2) is 6.83. The first-order valence-electron chi connectivity index (χ1n) is 6.05. The van der Waals surface area contributed by atoms with Crippen molar-refractivity contribution in [3.05, 3.63) is 29.8 Å². The van der Waals surface area contributed by atoms with E-state index in [9.17, 15) is 18.4 Å². The summed E-state index contributed by atoms with van der Waals surface area (Å²) in [5.41, 5.74) is -0.224. The fraction of sp³-hybridized carbons (Fsp3) is 0.385. The number of carbonyl (C=O) groups is 2. The van der Waals surface area contributed by atoms with E-state index < -0.39 is 29.7 Å². The highest BCUT2D eigenvalue weighted by atomic mass is 19.1. The Balaban J connectivity index is 2.68. The minimum atomic E-state index is -1.17. The Labute approximate surface area is 115 Å². The predicted molar refractivity (Wildman–Crippen MR) is 69.4 cm³/mol. The van der Waals surface area contributed by atoms with E-state index in [4.69, 9.17) is 5.11 Å². The molecule has 1 aromatic carbocycles. The third-order valence-corrected chi connectivity index (χ3v) is 2.49. The molecule has 0 aliphatic rings. The number of nitrogens with one attached hydrogen (secondary N) is 2. The van der Waals surface area contributed by atoms with Gasteiger partial charge in [0, 0.05) is 6.07 Å². The number of anilines is 1. The zero-order valence-electron chi connectivity index (χ0n) is 11.1. The molecule has 0 spiro atoms. The maximum Gasteiger partial charge on any atom is 0.326 e. The van der Waals surface area contributed by atoms with Gasteiger partial charge in [-0.05, 0) is 24.5 Å². The Morgan fingerprint density at radius 2 is 1.95 bits per heavy atom. The highest BCUT2D eigenvalue weighted by Crippen LogP contribution is 2.15. The normalized spacial score (nSPS) is 12.1. The minimum Gasteiger partial charge on any atom is -0.480 e. The van der Waals surface area contributed by atoms with Crippen molar-refractivity contribution < 1.29 is 23.5 Å². The van der Waals surface area contributed by atoms with E-state index in [1.807, 2.05) is 13.8 Å². The van der Waals surface area contributed by atoms with Crippen LogP contribution in [0.1, 0.15) is 20.3 Å². The Kier molecular flexibility index (Phi) is 5.42. The van der Waals surface area contributed by atoms with Crippen molar-refractivity contribution >= 4 is 17.7 Å². The molecule has 3 N–H and O–H groups in total. The lowest BCUT2D eigenvalue weighted by Gasteiger charge is -2.17. The van der Waals surface area contributed by atoms with Crippen molar-refractivity contribution in [3.63, 3.8) is 0 Å². The molecule has 110 valence electrons. The average Bonchev–Trinajstić information content (AvgIpc) is 2.31. The van der Waals surface area contributed by atoms with Gasteiger partial charge in [0.1, 0.15) is 17.7 Å². The molecule has 1 atom stereocenters. The fourth-order valence-electron chi connectivity index (χ4n) is 1.60. The molecule has 1 aromatic rings. The van der Waals surface area contributed by atoms with Crippen molar-refractivity contribution in [1.29, 1.82) is 0 Å². The summed E-state index contributed by atoms with van der Waals surface area (Å²) in [7, 11) is 0. The standard InChI is InChI=1S/C13H16F2N2O3/c1-7(2)5-11(12(18)19)17-13(20)16-10-4-3-8(14)6-9(10)15/h3-4,6-7,11H,5H2,1-2H3,(H,18,19)(H2,16,17,20). The Morgan fingerprint density at radius 1 is 1.30 bits per heavy atom. The molecule has 0 saturated heterocycles. The van der Waals surface area contributed by atoms with Gasteiger partial charge in [-0.25, -0.2) is 18.4 Å². The maximum absolute atomic E-state index is 13.3. The molecule has 1 unspecified atom stereocenters. The first-order chi connectivity index (χ1) is 9.29. The van der Waals surface area contributed by atoms with E-state index in [2.05, 4.69) is 10.6 Å². The van der Waals surface area contributed by atoms with Crippen molar-refractivity contribution in [2.75, 3.05) is 5.32 Å². The van der Waals surface area contributed by atoms with Crippen LogP contribution < -0.4 is 10.6 Å². The van der Waals surface area contributed by atoms with Crippen molar-refractivity contribution in [1.82, 2.24) is 5.32 Å². The SMILES string of the molecule is CC(C)CC(NC(=O)Nc1ccc(F)cc1F)C(=O)O. The molecule has 7 heteroatoms. The van der Waals surface area contributed by atoms with Crippen LogP contribution in [0.4, 0.5) is 19.3 Å². The monoisotopic (exact) mass is 286 g/mol. The number of rotatable bonds is 5. The lowest BCUT2D eigenvalue weighted by atomic mass is 10.0. The number of amides is 2. The van der Waals surface area contributed by atoms with Gasteiger partial charge >= 0.3 is 12.0 Å². The summed E-state index contributed by atoms with van der Waals surface area (Å²) in [6.45, 7) is 3.63. The number of urea groups is 1. The number of carboxylic acid groups (broad SMARTS) is 1. The summed E-state index contributed by atoms with van der Waals surface area (Å²) < 4.78 is 26.0. The molecule has 0 radical (unpaired) electrons. The highest BCUT2D eigenvalue weighted by molar-refractivity contribution is 5.92. The molecule has 1 rings (SSSR count). The summed E-state index contributed by atoms with van der Waals surface area (Å²) in [6.07, 6.45) is 0.245. The Hall–Kier alpha value is -2.18. The second-order valence-corrected chi connectivity index (χ2v) is 4.74. The summed E-state index contributed by atoms with van der Waals surface area (Å²) in [4.78, 5) is 22.6. The van der Waals surface area contributed by atoms with Crippen LogP contribution in [0.15, 0.2) is 18.2 Å². The molecule has 0 saturated carbocycles. The van der Waals surface area contributed by atoms with Crippen LogP contribution in [-0.4, -0.2) is 23.1 Å². The number of carbonyl (C=O) groups excluding carboxylic acids is 1. The van der Waals surface area contributed by atoms with Gasteiger partial charge < -0.3 is 15.7 Å². The lowest BCUT2D eigenvalue weighted by molar-refractivity contribution is -0.139. The van der Waals surface area contributed by atoms with Gasteiger partial charge in [0.25, 0.3) is 0 Å². The maximum atomic E-state index is 13.3. The van der Waals surface area contributed by atoms with E-state index in [1.54, 1.807) is 0 Å². The van der Waals surface area contributed by atoms with Gasteiger partial charge in [-0.2, -0.15) is 0 Å². The molecule has 0 aromatic heterocycles. The largest absolute Gasteiger partial charge is 0.480 e. The Bertz CT molecular complexity index is 506. The quantitative estimate of drug-likeness (QED) is 0.778. The molecule has 5 nitrogen and oxygen atoms in total. The second-order valence-electron chi connectivity index (χ2n) is 4.74. The number of halogens is 2. The summed E-state index contributed by atoms with van der Waals surface area (Å²) in [6, 6.07) is 0.740. The van der Waals surface area contributed by atoms with Gasteiger partial charge in [0.15, 0.2) is 0 Å². The topological polar surface area (TPSA) is 78.4 Å². The average molecular weight is 286 g/mol. The highest BCUT2D eigenvalue weighted by Gasteiger charge is 2.21. The van der Waals surface area contributed by atoms with Crippen LogP contribution in [0.25, 0.3) is 0 Å². The molecule has 0 heterocycles. The van der Waals surface area contributed by atoms with Gasteiger partial charge in [0.05, 0.1) is 5.69 Å². The zero-order valence-corrected chi connectivity index (χ0v) is 11.1. The third-order valence-electron chi connectivity index (χ3n) is 2.49. The van der Waals surface area contributed by atoms with E-state index in [0.29, 0.717) is 6.07 Å². The van der Waals surface area contributed by atoms with E-state index in [1.165, 1.54) is 0 Å². The van der Waals surface area contributed by atoms with Gasteiger partial charge in [-0.1, -0.05) is 13.8 Å². The first-order valence-corrected chi connectivity index (χ1v) is 6.05. The molecule has 0 bridgehead atoms. The minimum absolute atomic E-state index is 0.0685. The third kappa shape index (κ3) is 4.83. The summed E-state index contributed by atoms with van der Waals surface area (Å²) >= 11 is 0. The number of aliphatic carboxylic acids is 1. The fourth-order valence-corrected chi connectivity index (χ4v) is 1.60. The summed E-state index contributed by atoms with van der Waals surface area (Å²) in [5, 5.41) is 13.3. The number of hydrogen-bond acceptors (Lipinski definition) is 2. The van der Waals surface area contributed by atoms with Gasteiger partial charge in [-0.3, -0.25) is 0 Å². The van der Waals surface area contributed by atoms with Crippen LogP contribution >= 0.6 is 0 Å². The number of carboxylic acids is 1. The Morgan fingerprint density at radius 3 is 2.45 bits per heavy atom. The molecule has 0 aliphatic carbocycles. The molecule has 20 heavy (non-hydrogen) atoms. The molecule has 0 fully saturated rings. The summed E-state index contributed by atoms with van der Waals surface area (Å²) in [5.74, 6) is -2.81. The van der Waals surface area contributed by atoms with Crippen molar-refractivity contribution in [2.45, 2.75) is 26.3 Å². The smallest absolute Gasteiger partial charge is 0.326 e. The van der Waals surface area contributed by atoms with Crippen LogP contribution in [0.2, 0.25) is 0 Å². The predicted octanol–water partition coefficient (Wildman–Crippen LogP) is 2.59. The molecular weight excluding hydrogens is 270 g/mol. The number of hydrogen-bond donors (Lipinski definition) is 3. The van der Waals surface area contributed by atoms with Crippen LogP contribution in [-0.2, 0) is 4.79 Å². The first kappa shape index (κ1) is 15.9.